The molecule has 39 heavy (non-hydrogen) atoms. The summed E-state index contributed by atoms with van der Waals surface area (Å²) in [5, 5.41) is 7.48. The van der Waals surface area contributed by atoms with E-state index < -0.39 is 5.97 Å². The van der Waals surface area contributed by atoms with Crippen LogP contribution in [0.1, 0.15) is 48.3 Å². The van der Waals surface area contributed by atoms with E-state index in [4.69, 9.17) is 4.74 Å². The van der Waals surface area contributed by atoms with E-state index in [2.05, 4.69) is 46.0 Å². The molecule has 0 aliphatic heterocycles. The smallest absolute Gasteiger partial charge is 0.330 e. The molecule has 0 saturated carbocycles. The molecule has 0 unspecified atom stereocenters. The molecular formula is C31H37N3O4S. The summed E-state index contributed by atoms with van der Waals surface area (Å²) in [6.07, 6.45) is 5.18. The third-order valence-electron chi connectivity index (χ3n) is 6.96. The van der Waals surface area contributed by atoms with Gasteiger partial charge < -0.3 is 15.4 Å². The molecule has 1 atom stereocenters. The van der Waals surface area contributed by atoms with Gasteiger partial charge in [-0.25, -0.2) is 4.79 Å². The van der Waals surface area contributed by atoms with Crippen LogP contribution in [0.4, 0.5) is 5.69 Å². The summed E-state index contributed by atoms with van der Waals surface area (Å²) in [5.41, 5.74) is 3.79. The summed E-state index contributed by atoms with van der Waals surface area (Å²) in [5.74, 6) is -0.305. The van der Waals surface area contributed by atoms with Crippen molar-refractivity contribution in [3.05, 3.63) is 81.5 Å². The zero-order valence-electron chi connectivity index (χ0n) is 22.7. The van der Waals surface area contributed by atoms with Gasteiger partial charge in [0.05, 0.1) is 6.42 Å². The SMILES string of the molecule is CCCN(CCc1cccs1)[C@H]1CCc2c(cccc2OC(=O)CNC(=O)Cc2ccc(NC(C)=O)cc2)C1. The quantitative estimate of drug-likeness (QED) is 0.252. The lowest BCUT2D eigenvalue weighted by Gasteiger charge is -2.35. The molecule has 0 radical (unpaired) electrons. The number of esters is 1. The van der Waals surface area contributed by atoms with Crippen molar-refractivity contribution < 1.29 is 19.1 Å². The van der Waals surface area contributed by atoms with E-state index in [1.165, 1.54) is 17.4 Å². The molecule has 3 aromatic rings. The first-order valence-corrected chi connectivity index (χ1v) is 14.5. The summed E-state index contributed by atoms with van der Waals surface area (Å²) in [4.78, 5) is 40.1. The van der Waals surface area contributed by atoms with Gasteiger partial charge in [-0.2, -0.15) is 0 Å². The Morgan fingerprint density at radius 1 is 1.05 bits per heavy atom. The van der Waals surface area contributed by atoms with Gasteiger partial charge in [-0.05, 0) is 85.0 Å². The van der Waals surface area contributed by atoms with Crippen LogP contribution in [0.3, 0.4) is 0 Å². The van der Waals surface area contributed by atoms with Crippen LogP contribution in [0.25, 0.3) is 0 Å². The summed E-state index contributed by atoms with van der Waals surface area (Å²) < 4.78 is 5.70. The van der Waals surface area contributed by atoms with Gasteiger partial charge in [0.2, 0.25) is 11.8 Å². The van der Waals surface area contributed by atoms with Crippen LogP contribution in [0.5, 0.6) is 5.75 Å². The summed E-state index contributed by atoms with van der Waals surface area (Å²) in [6.45, 7) is 5.62. The molecule has 7 nitrogen and oxygen atoms in total. The average Bonchev–Trinajstić information content (AvgIpc) is 3.44. The highest BCUT2D eigenvalue weighted by Crippen LogP contribution is 2.32. The fraction of sp³-hybridized carbons (Fsp3) is 0.387. The van der Waals surface area contributed by atoms with Crippen molar-refractivity contribution >= 4 is 34.8 Å². The Morgan fingerprint density at radius 3 is 2.59 bits per heavy atom. The van der Waals surface area contributed by atoms with Crippen molar-refractivity contribution in [2.24, 2.45) is 0 Å². The van der Waals surface area contributed by atoms with E-state index in [1.807, 2.05) is 23.5 Å². The highest BCUT2D eigenvalue weighted by atomic mass is 32.1. The largest absolute Gasteiger partial charge is 0.425 e. The minimum absolute atomic E-state index is 0.135. The fourth-order valence-corrected chi connectivity index (χ4v) is 5.82. The number of nitrogens with zero attached hydrogens (tertiary/aromatic N) is 1. The van der Waals surface area contributed by atoms with Gasteiger partial charge in [0.15, 0.2) is 0 Å². The van der Waals surface area contributed by atoms with Crippen LogP contribution in [-0.4, -0.2) is 48.4 Å². The first-order chi connectivity index (χ1) is 18.9. The molecule has 1 aliphatic rings. The monoisotopic (exact) mass is 547 g/mol. The zero-order valence-corrected chi connectivity index (χ0v) is 23.5. The zero-order chi connectivity index (χ0) is 27.6. The van der Waals surface area contributed by atoms with Crippen LogP contribution < -0.4 is 15.4 Å². The second kappa shape index (κ2) is 14.1. The molecule has 1 aromatic heterocycles. The molecule has 1 heterocycles. The Morgan fingerprint density at radius 2 is 1.87 bits per heavy atom. The molecule has 0 spiro atoms. The maximum atomic E-state index is 12.6. The number of anilines is 1. The molecule has 0 fully saturated rings. The predicted octanol–water partition coefficient (Wildman–Crippen LogP) is 4.78. The first-order valence-electron chi connectivity index (χ1n) is 13.6. The molecule has 2 aromatic carbocycles. The second-order valence-electron chi connectivity index (χ2n) is 9.96. The Hall–Kier alpha value is -3.49. The number of carbonyl (C=O) groups is 3. The number of fused-ring (bicyclic) bond motifs is 1. The van der Waals surface area contributed by atoms with Gasteiger partial charge in [0.1, 0.15) is 12.3 Å². The van der Waals surface area contributed by atoms with Crippen LogP contribution in [0, 0.1) is 0 Å². The van der Waals surface area contributed by atoms with Gasteiger partial charge >= 0.3 is 5.97 Å². The van der Waals surface area contributed by atoms with Gasteiger partial charge in [-0.1, -0.05) is 37.3 Å². The summed E-state index contributed by atoms with van der Waals surface area (Å²) in [7, 11) is 0. The molecule has 4 rings (SSSR count). The third kappa shape index (κ3) is 8.50. The Balaban J connectivity index is 1.28. The normalized spacial score (nSPS) is 14.5. The van der Waals surface area contributed by atoms with Gasteiger partial charge in [0, 0.05) is 30.1 Å². The number of hydrogen-bond donors (Lipinski definition) is 2. The maximum Gasteiger partial charge on any atom is 0.330 e. The van der Waals surface area contributed by atoms with Crippen molar-refractivity contribution in [3.63, 3.8) is 0 Å². The summed E-state index contributed by atoms with van der Waals surface area (Å²) in [6, 6.07) is 17.8. The number of nitrogens with one attached hydrogen (secondary N) is 2. The fourth-order valence-electron chi connectivity index (χ4n) is 5.12. The number of benzene rings is 2. The Kier molecular flexibility index (Phi) is 10.3. The number of amides is 2. The standard InChI is InChI=1S/C31H37N3O4S/c1-3-16-34(17-15-27-7-5-18-39-27)26-13-14-28-24(20-26)6-4-8-29(28)38-31(37)21-32-30(36)19-23-9-11-25(12-10-23)33-22(2)35/h4-12,18,26H,3,13-17,19-21H2,1-2H3,(H,32,36)(H,33,35)/t26-/m0/s1. The molecule has 1 aliphatic carbocycles. The average molecular weight is 548 g/mol. The van der Waals surface area contributed by atoms with Crippen molar-refractivity contribution in [3.8, 4) is 5.75 Å². The van der Waals surface area contributed by atoms with Crippen LogP contribution >= 0.6 is 11.3 Å². The molecule has 0 bridgehead atoms. The van der Waals surface area contributed by atoms with E-state index in [9.17, 15) is 14.4 Å². The van der Waals surface area contributed by atoms with Crippen LogP contribution in [-0.2, 0) is 40.1 Å². The minimum Gasteiger partial charge on any atom is -0.425 e. The molecule has 8 heteroatoms. The van der Waals surface area contributed by atoms with Crippen molar-refractivity contribution in [2.45, 2.75) is 58.4 Å². The molecule has 206 valence electrons. The lowest BCUT2D eigenvalue weighted by Crippen LogP contribution is -2.41. The van der Waals surface area contributed by atoms with Gasteiger partial charge in [0.25, 0.3) is 0 Å². The Labute approximate surface area is 234 Å². The van der Waals surface area contributed by atoms with E-state index in [1.54, 1.807) is 24.3 Å². The summed E-state index contributed by atoms with van der Waals surface area (Å²) >= 11 is 1.82. The lowest BCUT2D eigenvalue weighted by molar-refractivity contribution is -0.135. The first kappa shape index (κ1) is 28.5. The van der Waals surface area contributed by atoms with E-state index in [-0.39, 0.29) is 24.8 Å². The number of thiophene rings is 1. The Bertz CT molecular complexity index is 1260. The predicted molar refractivity (Wildman–Crippen MR) is 155 cm³/mol. The maximum absolute atomic E-state index is 12.6. The lowest BCUT2D eigenvalue weighted by atomic mass is 9.86. The highest BCUT2D eigenvalue weighted by molar-refractivity contribution is 7.09. The topological polar surface area (TPSA) is 87.7 Å². The number of rotatable bonds is 12. The minimum atomic E-state index is -0.483. The number of carbonyl (C=O) groups excluding carboxylic acids is 3. The van der Waals surface area contributed by atoms with Crippen molar-refractivity contribution in [2.75, 3.05) is 25.0 Å². The van der Waals surface area contributed by atoms with Crippen LogP contribution in [0.2, 0.25) is 0 Å². The molecule has 2 N–H and O–H groups in total. The van der Waals surface area contributed by atoms with Crippen LogP contribution in [0.15, 0.2) is 60.0 Å². The second-order valence-corrected chi connectivity index (χ2v) is 11.0. The van der Waals surface area contributed by atoms with E-state index in [0.29, 0.717) is 17.5 Å². The molecular weight excluding hydrogens is 510 g/mol. The molecule has 2 amide bonds. The van der Waals surface area contributed by atoms with Gasteiger partial charge in [-0.15, -0.1) is 11.3 Å². The number of ether oxygens (including phenoxy) is 1. The van der Waals surface area contributed by atoms with E-state index >= 15 is 0 Å². The van der Waals surface area contributed by atoms with Crippen molar-refractivity contribution in [1.29, 1.82) is 0 Å². The van der Waals surface area contributed by atoms with E-state index in [0.717, 1.165) is 56.3 Å². The third-order valence-corrected chi connectivity index (χ3v) is 7.89. The molecule has 0 saturated heterocycles. The van der Waals surface area contributed by atoms with Gasteiger partial charge in [-0.3, -0.25) is 14.5 Å². The number of hydrogen-bond acceptors (Lipinski definition) is 6. The van der Waals surface area contributed by atoms with Crippen molar-refractivity contribution in [1.82, 2.24) is 10.2 Å². The highest BCUT2D eigenvalue weighted by Gasteiger charge is 2.26.